The van der Waals surface area contributed by atoms with Crippen molar-refractivity contribution in [3.05, 3.63) is 34.9 Å². The number of likely N-dealkylation sites (tertiary alicyclic amines) is 1. The minimum Gasteiger partial charge on any atom is -0.481 e. The summed E-state index contributed by atoms with van der Waals surface area (Å²) in [5.74, 6) is -0.205. The molecule has 0 aromatic carbocycles. The van der Waals surface area contributed by atoms with Crippen molar-refractivity contribution in [3.8, 4) is 11.3 Å². The first-order valence-electron chi connectivity index (χ1n) is 9.21. The molecule has 1 aliphatic heterocycles. The molecule has 1 aliphatic rings. The fourth-order valence-corrected chi connectivity index (χ4v) is 3.82. The molecule has 1 atom stereocenters. The third-order valence-electron chi connectivity index (χ3n) is 5.22. The predicted molar refractivity (Wildman–Crippen MR) is 100.0 cm³/mol. The molecule has 0 radical (unpaired) electrons. The van der Waals surface area contributed by atoms with E-state index >= 15 is 0 Å². The third kappa shape index (κ3) is 3.04. The van der Waals surface area contributed by atoms with Crippen LogP contribution in [0.5, 0.6) is 0 Å². The second-order valence-corrected chi connectivity index (χ2v) is 7.26. The number of aliphatic carboxylic acids is 1. The molecule has 0 spiro atoms. The number of fused-ring (bicyclic) bond motifs is 1. The average molecular weight is 383 g/mol. The number of hydrogen-bond donors (Lipinski definition) is 1. The van der Waals surface area contributed by atoms with Crippen molar-refractivity contribution in [2.24, 2.45) is 5.92 Å². The van der Waals surface area contributed by atoms with Crippen LogP contribution in [0.25, 0.3) is 22.4 Å². The van der Waals surface area contributed by atoms with E-state index in [9.17, 15) is 14.7 Å². The number of amides is 1. The van der Waals surface area contributed by atoms with Crippen LogP contribution in [0.1, 0.15) is 40.4 Å². The summed E-state index contributed by atoms with van der Waals surface area (Å²) in [6.07, 6.45) is 1.24. The lowest BCUT2D eigenvalue weighted by atomic mass is 9.97. The summed E-state index contributed by atoms with van der Waals surface area (Å²) in [5.41, 5.74) is 2.62. The van der Waals surface area contributed by atoms with Crippen molar-refractivity contribution < 1.29 is 23.6 Å². The fourth-order valence-electron chi connectivity index (χ4n) is 3.82. The van der Waals surface area contributed by atoms with Gasteiger partial charge in [0.1, 0.15) is 11.5 Å². The molecule has 146 valence electrons. The predicted octanol–water partition coefficient (Wildman–Crippen LogP) is 3.34. The molecule has 3 aromatic rings. The highest BCUT2D eigenvalue weighted by Gasteiger charge is 2.31. The van der Waals surface area contributed by atoms with Crippen molar-refractivity contribution in [1.82, 2.24) is 15.0 Å². The van der Waals surface area contributed by atoms with E-state index in [1.807, 2.05) is 19.9 Å². The number of aryl methyl sites for hydroxylation is 3. The van der Waals surface area contributed by atoms with Gasteiger partial charge in [-0.2, -0.15) is 0 Å². The van der Waals surface area contributed by atoms with E-state index in [4.69, 9.17) is 8.94 Å². The van der Waals surface area contributed by atoms with Gasteiger partial charge in [-0.05, 0) is 45.7 Å². The minimum atomic E-state index is -0.872. The second-order valence-electron chi connectivity index (χ2n) is 7.26. The van der Waals surface area contributed by atoms with Gasteiger partial charge in [0.05, 0.1) is 28.3 Å². The number of carboxylic acid groups (broad SMARTS) is 1. The minimum absolute atomic E-state index is 0.196. The molecule has 0 bridgehead atoms. The number of carbonyl (C=O) groups excluding carboxylic acids is 1. The maximum absolute atomic E-state index is 13.3. The van der Waals surface area contributed by atoms with Crippen molar-refractivity contribution >= 4 is 23.0 Å². The van der Waals surface area contributed by atoms with Gasteiger partial charge < -0.3 is 18.9 Å². The molecule has 0 aliphatic carbocycles. The summed E-state index contributed by atoms with van der Waals surface area (Å²) in [6, 6.07) is 3.58. The Balaban J connectivity index is 1.81. The number of nitrogens with zero attached hydrogens (tertiary/aromatic N) is 3. The quantitative estimate of drug-likeness (QED) is 0.738. The number of piperidine rings is 1. The Hall–Kier alpha value is -3.16. The lowest BCUT2D eigenvalue weighted by Crippen LogP contribution is -2.42. The second kappa shape index (κ2) is 6.78. The van der Waals surface area contributed by atoms with E-state index in [2.05, 4.69) is 10.1 Å². The largest absolute Gasteiger partial charge is 0.481 e. The number of carbonyl (C=O) groups is 2. The Morgan fingerprint density at radius 1 is 1.25 bits per heavy atom. The maximum Gasteiger partial charge on any atom is 0.308 e. The molecule has 1 amide bonds. The van der Waals surface area contributed by atoms with E-state index in [0.29, 0.717) is 47.5 Å². The third-order valence-corrected chi connectivity index (χ3v) is 5.22. The Morgan fingerprint density at radius 2 is 2.04 bits per heavy atom. The highest BCUT2D eigenvalue weighted by Crippen LogP contribution is 2.31. The molecule has 28 heavy (non-hydrogen) atoms. The van der Waals surface area contributed by atoms with Crippen LogP contribution in [0.15, 0.2) is 21.1 Å². The van der Waals surface area contributed by atoms with Gasteiger partial charge in [0.2, 0.25) is 0 Å². The Bertz CT molecular complexity index is 1080. The molecule has 8 nitrogen and oxygen atoms in total. The fraction of sp³-hybridized carbons (Fsp3) is 0.400. The molecule has 0 saturated carbocycles. The number of rotatable bonds is 3. The number of pyridine rings is 1. The highest BCUT2D eigenvalue weighted by molar-refractivity contribution is 6.07. The smallest absolute Gasteiger partial charge is 0.308 e. The van der Waals surface area contributed by atoms with Crippen LogP contribution < -0.4 is 0 Å². The molecular formula is C20H21N3O5. The van der Waals surface area contributed by atoms with Crippen LogP contribution in [-0.4, -0.2) is 45.1 Å². The number of furan rings is 1. The van der Waals surface area contributed by atoms with Crippen LogP contribution in [-0.2, 0) is 4.79 Å². The van der Waals surface area contributed by atoms with Crippen LogP contribution >= 0.6 is 0 Å². The Kier molecular flexibility index (Phi) is 4.41. The first-order chi connectivity index (χ1) is 13.3. The van der Waals surface area contributed by atoms with Gasteiger partial charge in [-0.1, -0.05) is 5.16 Å². The van der Waals surface area contributed by atoms with Crippen LogP contribution in [0, 0.1) is 26.7 Å². The van der Waals surface area contributed by atoms with Gasteiger partial charge in [0.25, 0.3) is 11.6 Å². The van der Waals surface area contributed by atoms with Gasteiger partial charge in [0, 0.05) is 18.7 Å². The molecule has 1 saturated heterocycles. The Labute approximate surface area is 161 Å². The molecule has 0 unspecified atom stereocenters. The zero-order valence-electron chi connectivity index (χ0n) is 16.0. The van der Waals surface area contributed by atoms with Gasteiger partial charge >= 0.3 is 5.97 Å². The van der Waals surface area contributed by atoms with Crippen molar-refractivity contribution in [3.63, 3.8) is 0 Å². The molecule has 4 rings (SSSR count). The van der Waals surface area contributed by atoms with Crippen molar-refractivity contribution in [2.45, 2.75) is 33.6 Å². The standard InChI is InChI=1S/C20H21N3O5/c1-10-7-14(12(3)27-10)16-8-15(17-11(2)22-28-18(17)21-16)19(24)23-6-4-5-13(9-23)20(25)26/h7-8,13H,4-6,9H2,1-3H3,(H,25,26)/t13-/m0/s1. The van der Waals surface area contributed by atoms with Crippen LogP contribution in [0.4, 0.5) is 0 Å². The molecule has 1 fully saturated rings. The summed E-state index contributed by atoms with van der Waals surface area (Å²) in [5, 5.41) is 13.9. The normalized spacial score (nSPS) is 17.2. The Morgan fingerprint density at radius 3 is 2.71 bits per heavy atom. The summed E-state index contributed by atoms with van der Waals surface area (Å²) in [6.45, 7) is 6.16. The number of aromatic nitrogens is 2. The number of hydrogen-bond acceptors (Lipinski definition) is 6. The molecular weight excluding hydrogens is 362 g/mol. The van der Waals surface area contributed by atoms with Gasteiger partial charge in [-0.15, -0.1) is 0 Å². The molecule has 4 heterocycles. The molecule has 1 N–H and O–H groups in total. The van der Waals surface area contributed by atoms with E-state index < -0.39 is 11.9 Å². The van der Waals surface area contributed by atoms with E-state index in [-0.39, 0.29) is 18.2 Å². The summed E-state index contributed by atoms with van der Waals surface area (Å²) >= 11 is 0. The monoisotopic (exact) mass is 383 g/mol. The maximum atomic E-state index is 13.3. The van der Waals surface area contributed by atoms with E-state index in [0.717, 1.165) is 11.3 Å². The van der Waals surface area contributed by atoms with Crippen molar-refractivity contribution in [1.29, 1.82) is 0 Å². The lowest BCUT2D eigenvalue weighted by molar-refractivity contribution is -0.143. The first-order valence-corrected chi connectivity index (χ1v) is 9.21. The zero-order chi connectivity index (χ0) is 20.0. The SMILES string of the molecule is Cc1cc(-c2cc(C(=O)N3CCC[C@H](C(=O)O)C3)c3c(C)noc3n2)c(C)o1. The number of carboxylic acids is 1. The van der Waals surface area contributed by atoms with Crippen LogP contribution in [0.2, 0.25) is 0 Å². The summed E-state index contributed by atoms with van der Waals surface area (Å²) in [4.78, 5) is 30.8. The summed E-state index contributed by atoms with van der Waals surface area (Å²) < 4.78 is 10.9. The highest BCUT2D eigenvalue weighted by atomic mass is 16.5. The van der Waals surface area contributed by atoms with E-state index in [1.165, 1.54) is 0 Å². The van der Waals surface area contributed by atoms with Gasteiger partial charge in [0.15, 0.2) is 0 Å². The lowest BCUT2D eigenvalue weighted by Gasteiger charge is -2.31. The van der Waals surface area contributed by atoms with Gasteiger partial charge in [-0.25, -0.2) is 4.98 Å². The molecule has 8 heteroatoms. The van der Waals surface area contributed by atoms with E-state index in [1.54, 1.807) is 17.9 Å². The topological polar surface area (TPSA) is 110 Å². The summed E-state index contributed by atoms with van der Waals surface area (Å²) in [7, 11) is 0. The van der Waals surface area contributed by atoms with Crippen LogP contribution in [0.3, 0.4) is 0 Å². The van der Waals surface area contributed by atoms with Crippen molar-refractivity contribution in [2.75, 3.05) is 13.1 Å². The molecule has 3 aromatic heterocycles. The zero-order valence-corrected chi connectivity index (χ0v) is 16.0. The average Bonchev–Trinajstić information content (AvgIpc) is 3.22. The first kappa shape index (κ1) is 18.2. The van der Waals surface area contributed by atoms with Gasteiger partial charge in [-0.3, -0.25) is 9.59 Å².